The van der Waals surface area contributed by atoms with Gasteiger partial charge in [0.05, 0.1) is 59.7 Å². The number of amides is 4. The smallest absolute Gasteiger partial charge is 0.333 e. The van der Waals surface area contributed by atoms with Gasteiger partial charge in [0.2, 0.25) is 23.6 Å². The number of ether oxygens (including phenoxy) is 3. The fourth-order valence-electron chi connectivity index (χ4n) is 6.98. The highest BCUT2D eigenvalue weighted by Crippen LogP contribution is 2.66. The number of esters is 1. The van der Waals surface area contributed by atoms with Crippen LogP contribution >= 0.6 is 15.9 Å². The van der Waals surface area contributed by atoms with Gasteiger partial charge < -0.3 is 14.2 Å². The number of allylic oxidation sites excluding steroid dienone is 1. The van der Waals surface area contributed by atoms with Gasteiger partial charge in [0, 0.05) is 11.5 Å². The Morgan fingerprint density at radius 2 is 1.20 bits per heavy atom. The van der Waals surface area contributed by atoms with Gasteiger partial charge in [-0.2, -0.15) is 0 Å². The second kappa shape index (κ2) is 9.83. The van der Waals surface area contributed by atoms with Crippen LogP contribution in [0.15, 0.2) is 60.2 Å². The van der Waals surface area contributed by atoms with Crippen molar-refractivity contribution in [3.63, 3.8) is 0 Å². The van der Waals surface area contributed by atoms with Crippen LogP contribution < -0.4 is 19.3 Å². The maximum absolute atomic E-state index is 14.2. The SMILES string of the molecule is CCOc1ccccc1N1C(=O)[C@@H]2C3C(C(=O)OC)=CC(Br)([C@@H]2C1=O)[C@@H]1C(=O)N(c2ccccc2OCC)C(=O)[C@@H]31. The zero-order valence-electron chi connectivity index (χ0n) is 22.5. The standard InChI is InChI=1S/C30H27BrN2O8/c1-4-40-18-12-8-6-10-16(18)32-25(34)21-20-15(29(38)39-3)14-30(31,23(21)27(32)36)24-22(20)26(35)33(28(24)37)17-11-7-9-13-19(17)41-5-2/h6-14,20-24H,4-5H2,1-3H3/t20?,21-,22+,23-,24-,30?/m0/s1. The molecule has 2 saturated heterocycles. The van der Waals surface area contributed by atoms with E-state index in [9.17, 15) is 24.0 Å². The number of halogens is 1. The molecule has 4 amide bonds. The minimum atomic E-state index is -1.51. The zero-order valence-corrected chi connectivity index (χ0v) is 24.1. The molecule has 2 heterocycles. The van der Waals surface area contributed by atoms with E-state index in [1.807, 2.05) is 0 Å². The molecule has 5 aliphatic rings. The quantitative estimate of drug-likeness (QED) is 0.262. The van der Waals surface area contributed by atoms with Crippen molar-refractivity contribution in [2.24, 2.45) is 29.6 Å². The van der Waals surface area contributed by atoms with E-state index in [2.05, 4.69) is 15.9 Å². The Hall–Kier alpha value is -3.99. The van der Waals surface area contributed by atoms with Crippen LogP contribution in [-0.2, 0) is 28.7 Å². The van der Waals surface area contributed by atoms with E-state index in [-0.39, 0.29) is 16.9 Å². The van der Waals surface area contributed by atoms with Crippen molar-refractivity contribution in [3.8, 4) is 11.5 Å². The maximum atomic E-state index is 14.2. The fraction of sp³-hybridized carbons (Fsp3) is 0.367. The molecule has 0 N–H and O–H groups in total. The van der Waals surface area contributed by atoms with Crippen LogP contribution in [-0.4, -0.2) is 54.2 Å². The first kappa shape index (κ1) is 27.2. The average molecular weight is 623 g/mol. The molecule has 11 heteroatoms. The summed E-state index contributed by atoms with van der Waals surface area (Å²) in [5, 5.41) is 0. The lowest BCUT2D eigenvalue weighted by Gasteiger charge is -2.51. The number of benzene rings is 2. The van der Waals surface area contributed by atoms with Crippen molar-refractivity contribution in [1.29, 1.82) is 0 Å². The van der Waals surface area contributed by atoms with Crippen LogP contribution in [0.1, 0.15) is 13.8 Å². The van der Waals surface area contributed by atoms with E-state index < -0.39 is 63.5 Å². The first-order chi connectivity index (χ1) is 19.7. The number of carbonyl (C=O) groups is 5. The summed E-state index contributed by atoms with van der Waals surface area (Å²) >= 11 is 3.67. The molecular weight excluding hydrogens is 596 g/mol. The summed E-state index contributed by atoms with van der Waals surface area (Å²) in [6, 6.07) is 13.4. The Labute approximate surface area is 244 Å². The topological polar surface area (TPSA) is 120 Å². The summed E-state index contributed by atoms with van der Waals surface area (Å²) in [6.07, 6.45) is 1.51. The second-order valence-electron chi connectivity index (χ2n) is 10.3. The van der Waals surface area contributed by atoms with Gasteiger partial charge in [-0.15, -0.1) is 0 Å². The van der Waals surface area contributed by atoms with Gasteiger partial charge in [-0.05, 0) is 38.1 Å². The van der Waals surface area contributed by atoms with Gasteiger partial charge in [-0.3, -0.25) is 19.2 Å². The number of hydrogen-bond acceptors (Lipinski definition) is 8. The summed E-state index contributed by atoms with van der Waals surface area (Å²) < 4.78 is 14.9. The van der Waals surface area contributed by atoms with Gasteiger partial charge >= 0.3 is 5.97 Å². The number of nitrogens with zero attached hydrogens (tertiary/aromatic N) is 2. The molecule has 10 nitrogen and oxygen atoms in total. The Morgan fingerprint density at radius 1 is 0.756 bits per heavy atom. The highest BCUT2D eigenvalue weighted by atomic mass is 79.9. The van der Waals surface area contributed by atoms with E-state index in [0.29, 0.717) is 24.7 Å². The van der Waals surface area contributed by atoms with Crippen molar-refractivity contribution >= 4 is 56.9 Å². The molecule has 2 aromatic rings. The maximum Gasteiger partial charge on any atom is 0.333 e. The number of para-hydroxylation sites is 4. The molecule has 6 atom stereocenters. The molecule has 1 saturated carbocycles. The van der Waals surface area contributed by atoms with Crippen LogP contribution in [0, 0.1) is 29.6 Å². The normalized spacial score (nSPS) is 29.9. The summed E-state index contributed by atoms with van der Waals surface area (Å²) in [5.41, 5.74) is 0.627. The van der Waals surface area contributed by atoms with Crippen molar-refractivity contribution in [2.45, 2.75) is 18.2 Å². The third-order valence-electron chi connectivity index (χ3n) is 8.40. The minimum Gasteiger partial charge on any atom is -0.492 e. The van der Waals surface area contributed by atoms with Crippen molar-refractivity contribution < 1.29 is 38.2 Å². The van der Waals surface area contributed by atoms with E-state index in [1.165, 1.54) is 13.2 Å². The Kier molecular flexibility index (Phi) is 6.52. The van der Waals surface area contributed by atoms with E-state index in [1.54, 1.807) is 62.4 Å². The molecule has 2 unspecified atom stereocenters. The molecule has 7 rings (SSSR count). The van der Waals surface area contributed by atoms with E-state index in [4.69, 9.17) is 14.2 Å². The lowest BCUT2D eigenvalue weighted by molar-refractivity contribution is -0.143. The molecule has 0 spiro atoms. The van der Waals surface area contributed by atoms with Crippen molar-refractivity contribution in [3.05, 3.63) is 60.2 Å². The zero-order chi connectivity index (χ0) is 29.2. The summed E-state index contributed by atoms with van der Waals surface area (Å²) in [5.74, 6) is -7.59. The lowest BCUT2D eigenvalue weighted by atomic mass is 9.52. The van der Waals surface area contributed by atoms with E-state index >= 15 is 0 Å². The van der Waals surface area contributed by atoms with Crippen LogP contribution in [0.2, 0.25) is 0 Å². The fourth-order valence-corrected chi connectivity index (χ4v) is 8.19. The minimum absolute atomic E-state index is 0.0917. The molecular formula is C30H27BrN2O8. The van der Waals surface area contributed by atoms with Crippen molar-refractivity contribution in [2.75, 3.05) is 30.1 Å². The van der Waals surface area contributed by atoms with Crippen molar-refractivity contribution in [1.82, 2.24) is 0 Å². The number of anilines is 2. The Morgan fingerprint density at radius 3 is 1.61 bits per heavy atom. The van der Waals surface area contributed by atoms with E-state index in [0.717, 1.165) is 9.80 Å². The number of hydrogen-bond donors (Lipinski definition) is 0. The molecule has 3 fully saturated rings. The third-order valence-corrected chi connectivity index (χ3v) is 9.61. The summed E-state index contributed by atoms with van der Waals surface area (Å²) in [6.45, 7) is 4.20. The Balaban J connectivity index is 1.50. The highest BCUT2D eigenvalue weighted by Gasteiger charge is 2.76. The van der Waals surface area contributed by atoms with Crippen LogP contribution in [0.3, 0.4) is 0 Å². The molecule has 212 valence electrons. The molecule has 2 bridgehead atoms. The third kappa shape index (κ3) is 3.64. The molecule has 41 heavy (non-hydrogen) atoms. The van der Waals surface area contributed by atoms with Gasteiger partial charge in [-0.25, -0.2) is 14.6 Å². The summed E-state index contributed by atoms with van der Waals surface area (Å²) in [7, 11) is 1.21. The van der Waals surface area contributed by atoms with Gasteiger partial charge in [-0.1, -0.05) is 46.3 Å². The van der Waals surface area contributed by atoms with Gasteiger partial charge in [0.15, 0.2) is 0 Å². The summed E-state index contributed by atoms with van der Waals surface area (Å²) in [4.78, 5) is 71.9. The van der Waals surface area contributed by atoms with Crippen LogP contribution in [0.25, 0.3) is 0 Å². The van der Waals surface area contributed by atoms with Gasteiger partial charge in [0.1, 0.15) is 11.5 Å². The monoisotopic (exact) mass is 622 g/mol. The predicted molar refractivity (Wildman–Crippen MR) is 149 cm³/mol. The molecule has 0 radical (unpaired) electrons. The average Bonchev–Trinajstić information content (AvgIpc) is 3.40. The first-order valence-corrected chi connectivity index (χ1v) is 14.2. The number of alkyl halides is 1. The number of rotatable bonds is 7. The lowest BCUT2D eigenvalue weighted by Crippen LogP contribution is -2.61. The molecule has 2 aliphatic heterocycles. The number of imide groups is 2. The molecule has 0 aromatic heterocycles. The predicted octanol–water partition coefficient (Wildman–Crippen LogP) is 3.27. The molecule has 2 aromatic carbocycles. The highest BCUT2D eigenvalue weighted by molar-refractivity contribution is 9.10. The largest absolute Gasteiger partial charge is 0.492 e. The Bertz CT molecular complexity index is 1440. The number of methoxy groups -OCH3 is 1. The number of carbonyl (C=O) groups excluding carboxylic acids is 5. The first-order valence-electron chi connectivity index (χ1n) is 13.4. The molecule has 3 aliphatic carbocycles. The van der Waals surface area contributed by atoms with Gasteiger partial charge in [0.25, 0.3) is 0 Å². The van der Waals surface area contributed by atoms with Crippen LogP contribution in [0.5, 0.6) is 11.5 Å². The van der Waals surface area contributed by atoms with Crippen LogP contribution in [0.4, 0.5) is 11.4 Å². The second-order valence-corrected chi connectivity index (χ2v) is 11.7.